The third-order valence-electron chi connectivity index (χ3n) is 0.877. The summed E-state index contributed by atoms with van der Waals surface area (Å²) < 4.78 is 0. The SMILES string of the molecule is [CH]=Cc1cccnc1. The Balaban J connectivity index is 2.99. The van der Waals surface area contributed by atoms with E-state index < -0.39 is 0 Å². The van der Waals surface area contributed by atoms with Crippen molar-refractivity contribution in [2.24, 2.45) is 0 Å². The molecule has 0 saturated carbocycles. The summed E-state index contributed by atoms with van der Waals surface area (Å²) in [6.45, 7) is 5.18. The maximum Gasteiger partial charge on any atom is 0.0340 e. The van der Waals surface area contributed by atoms with Crippen LogP contribution in [0.4, 0.5) is 0 Å². The molecule has 8 heavy (non-hydrogen) atoms. The molecule has 0 aromatic carbocycles. The van der Waals surface area contributed by atoms with E-state index in [0.717, 1.165) is 5.56 Å². The predicted molar refractivity (Wildman–Crippen MR) is 33.0 cm³/mol. The molecule has 1 rings (SSSR count). The second kappa shape index (κ2) is 2.26. The summed E-state index contributed by atoms with van der Waals surface area (Å²) in [6.07, 6.45) is 4.94. The van der Waals surface area contributed by atoms with Crippen molar-refractivity contribution in [3.63, 3.8) is 0 Å². The van der Waals surface area contributed by atoms with E-state index in [1.165, 1.54) is 6.08 Å². The molecule has 0 fully saturated rings. The average Bonchev–Trinajstić information content (AvgIpc) is 1.90. The van der Waals surface area contributed by atoms with Crippen LogP contribution in [-0.4, -0.2) is 4.98 Å². The largest absolute Gasteiger partial charge is 0.264 e. The lowest BCUT2D eigenvalue weighted by molar-refractivity contribution is 1.32. The Morgan fingerprint density at radius 3 is 2.88 bits per heavy atom. The van der Waals surface area contributed by atoms with Gasteiger partial charge in [-0.25, -0.2) is 0 Å². The Labute approximate surface area is 48.7 Å². The lowest BCUT2D eigenvalue weighted by atomic mass is 10.3. The Bertz CT molecular complexity index is 167. The Morgan fingerprint density at radius 2 is 2.50 bits per heavy atom. The Hall–Kier alpha value is -1.11. The zero-order valence-corrected chi connectivity index (χ0v) is 4.41. The monoisotopic (exact) mass is 104 g/mol. The molecule has 1 nitrogen and oxygen atoms in total. The van der Waals surface area contributed by atoms with Crippen molar-refractivity contribution in [3.8, 4) is 0 Å². The number of rotatable bonds is 1. The number of hydrogen-bond donors (Lipinski definition) is 0. The first-order chi connectivity index (χ1) is 3.93. The van der Waals surface area contributed by atoms with E-state index in [1.54, 1.807) is 12.4 Å². The highest BCUT2D eigenvalue weighted by molar-refractivity contribution is 5.42. The fraction of sp³-hybridized carbons (Fsp3) is 0. The van der Waals surface area contributed by atoms with Crippen LogP contribution in [-0.2, 0) is 0 Å². The molecular formula is C7H6N. The van der Waals surface area contributed by atoms with Crippen LogP contribution >= 0.6 is 0 Å². The standard InChI is InChI=1S/C7H6N/c1-2-7-4-3-5-8-6-7/h1-6H. The molecule has 0 aliphatic rings. The fourth-order valence-electron chi connectivity index (χ4n) is 0.475. The summed E-state index contributed by atoms with van der Waals surface area (Å²) in [4.78, 5) is 3.84. The number of hydrogen-bond acceptors (Lipinski definition) is 1. The third-order valence-corrected chi connectivity index (χ3v) is 0.877. The first-order valence-electron chi connectivity index (χ1n) is 2.38. The van der Waals surface area contributed by atoms with E-state index in [4.69, 9.17) is 6.58 Å². The predicted octanol–water partition coefficient (Wildman–Crippen LogP) is 1.53. The molecule has 0 aliphatic heterocycles. The van der Waals surface area contributed by atoms with Crippen molar-refractivity contribution >= 4 is 6.08 Å². The first kappa shape index (κ1) is 5.04. The molecular weight excluding hydrogens is 98.1 g/mol. The molecule has 39 valence electrons. The highest BCUT2D eigenvalue weighted by Crippen LogP contribution is 1.94. The van der Waals surface area contributed by atoms with Gasteiger partial charge in [-0.3, -0.25) is 4.98 Å². The molecule has 0 bridgehead atoms. The topological polar surface area (TPSA) is 12.9 Å². The van der Waals surface area contributed by atoms with Crippen LogP contribution in [0.2, 0.25) is 0 Å². The Morgan fingerprint density at radius 1 is 1.62 bits per heavy atom. The summed E-state index contributed by atoms with van der Waals surface area (Å²) in [5.74, 6) is 0. The molecule has 1 aromatic rings. The number of nitrogens with zero attached hydrogens (tertiary/aromatic N) is 1. The van der Waals surface area contributed by atoms with Crippen molar-refractivity contribution in [2.75, 3.05) is 0 Å². The van der Waals surface area contributed by atoms with Gasteiger partial charge in [-0.1, -0.05) is 18.7 Å². The van der Waals surface area contributed by atoms with Crippen LogP contribution in [0, 0.1) is 6.58 Å². The number of aromatic nitrogens is 1. The highest BCUT2D eigenvalue weighted by Gasteiger charge is 1.77. The smallest absolute Gasteiger partial charge is 0.0340 e. The van der Waals surface area contributed by atoms with Crippen molar-refractivity contribution in [1.29, 1.82) is 0 Å². The van der Waals surface area contributed by atoms with Gasteiger partial charge >= 0.3 is 0 Å². The minimum absolute atomic E-state index is 0.951. The molecule has 0 amide bonds. The van der Waals surface area contributed by atoms with Crippen molar-refractivity contribution < 1.29 is 0 Å². The second-order valence-electron chi connectivity index (χ2n) is 1.45. The Kier molecular flexibility index (Phi) is 1.42. The summed E-state index contributed by atoms with van der Waals surface area (Å²) in [7, 11) is 0. The van der Waals surface area contributed by atoms with E-state index in [0.29, 0.717) is 0 Å². The maximum atomic E-state index is 5.18. The van der Waals surface area contributed by atoms with Crippen LogP contribution in [0.25, 0.3) is 6.08 Å². The van der Waals surface area contributed by atoms with Crippen LogP contribution in [0.3, 0.4) is 0 Å². The fourth-order valence-corrected chi connectivity index (χ4v) is 0.475. The van der Waals surface area contributed by atoms with Crippen LogP contribution in [0.5, 0.6) is 0 Å². The summed E-state index contributed by atoms with van der Waals surface area (Å²) in [5, 5.41) is 0. The molecule has 1 radical (unpaired) electrons. The van der Waals surface area contributed by atoms with Gasteiger partial charge in [0.2, 0.25) is 0 Å². The van der Waals surface area contributed by atoms with Gasteiger partial charge < -0.3 is 0 Å². The van der Waals surface area contributed by atoms with Gasteiger partial charge in [0.1, 0.15) is 0 Å². The van der Waals surface area contributed by atoms with E-state index >= 15 is 0 Å². The van der Waals surface area contributed by atoms with E-state index in [9.17, 15) is 0 Å². The van der Waals surface area contributed by atoms with Gasteiger partial charge in [-0.2, -0.15) is 0 Å². The normalized spacial score (nSPS) is 8.50. The summed E-state index contributed by atoms with van der Waals surface area (Å²) in [6, 6.07) is 3.74. The van der Waals surface area contributed by atoms with Gasteiger partial charge in [0.15, 0.2) is 0 Å². The molecule has 0 N–H and O–H groups in total. The molecule has 0 unspecified atom stereocenters. The quantitative estimate of drug-likeness (QED) is 0.526. The second-order valence-corrected chi connectivity index (χ2v) is 1.45. The molecule has 0 spiro atoms. The van der Waals surface area contributed by atoms with Gasteiger partial charge in [0.05, 0.1) is 0 Å². The lowest BCUT2D eigenvalue weighted by Crippen LogP contribution is -1.70. The molecule has 1 aromatic heterocycles. The summed E-state index contributed by atoms with van der Waals surface area (Å²) >= 11 is 0. The maximum absolute atomic E-state index is 5.18. The van der Waals surface area contributed by atoms with Gasteiger partial charge in [-0.15, -0.1) is 0 Å². The van der Waals surface area contributed by atoms with Gasteiger partial charge in [0.25, 0.3) is 0 Å². The van der Waals surface area contributed by atoms with Crippen LogP contribution < -0.4 is 0 Å². The zero-order valence-electron chi connectivity index (χ0n) is 4.41. The lowest BCUT2D eigenvalue weighted by Gasteiger charge is -1.84. The van der Waals surface area contributed by atoms with Crippen molar-refractivity contribution in [3.05, 3.63) is 36.7 Å². The highest BCUT2D eigenvalue weighted by atomic mass is 14.6. The molecule has 0 aliphatic carbocycles. The van der Waals surface area contributed by atoms with Crippen molar-refractivity contribution in [2.45, 2.75) is 0 Å². The third kappa shape index (κ3) is 0.936. The minimum Gasteiger partial charge on any atom is -0.264 e. The van der Waals surface area contributed by atoms with E-state index in [2.05, 4.69) is 4.98 Å². The minimum atomic E-state index is 0.951. The van der Waals surface area contributed by atoms with Gasteiger partial charge in [-0.05, 0) is 11.6 Å². The van der Waals surface area contributed by atoms with Crippen molar-refractivity contribution in [1.82, 2.24) is 4.98 Å². The van der Waals surface area contributed by atoms with Gasteiger partial charge in [0, 0.05) is 12.4 Å². The molecule has 1 heteroatoms. The molecule has 0 saturated heterocycles. The molecule has 1 heterocycles. The van der Waals surface area contributed by atoms with Crippen LogP contribution in [0.1, 0.15) is 5.56 Å². The zero-order chi connectivity index (χ0) is 5.82. The van der Waals surface area contributed by atoms with E-state index in [1.807, 2.05) is 12.1 Å². The number of pyridine rings is 1. The van der Waals surface area contributed by atoms with E-state index in [-0.39, 0.29) is 0 Å². The molecule has 0 atom stereocenters. The summed E-state index contributed by atoms with van der Waals surface area (Å²) in [5.41, 5.74) is 0.951. The average molecular weight is 104 g/mol. The van der Waals surface area contributed by atoms with Crippen LogP contribution in [0.15, 0.2) is 24.5 Å². The first-order valence-corrected chi connectivity index (χ1v) is 2.38.